The van der Waals surface area contributed by atoms with Crippen LogP contribution in [0.3, 0.4) is 0 Å². The van der Waals surface area contributed by atoms with Gasteiger partial charge in [-0.25, -0.2) is 4.79 Å². The molecule has 0 aliphatic heterocycles. The molecule has 6 heteroatoms. The Labute approximate surface area is 143 Å². The number of carbonyl (C=O) groups is 2. The van der Waals surface area contributed by atoms with Gasteiger partial charge in [-0.3, -0.25) is 4.79 Å². The zero-order valence-corrected chi connectivity index (χ0v) is 14.7. The summed E-state index contributed by atoms with van der Waals surface area (Å²) in [7, 11) is 0. The largest absolute Gasteiger partial charge is 0.478 e. The van der Waals surface area contributed by atoms with Crippen molar-refractivity contribution < 1.29 is 14.7 Å². The zero-order chi connectivity index (χ0) is 15.6. The Balaban J connectivity index is 2.41. The summed E-state index contributed by atoms with van der Waals surface area (Å²) in [6, 6.07) is 10.3. The van der Waals surface area contributed by atoms with Crippen molar-refractivity contribution in [2.45, 2.75) is 6.92 Å². The molecule has 0 unspecified atom stereocenters. The van der Waals surface area contributed by atoms with E-state index in [-0.39, 0.29) is 11.5 Å². The number of hydrogen-bond acceptors (Lipinski definition) is 2. The molecule has 2 rings (SSSR count). The van der Waals surface area contributed by atoms with E-state index in [2.05, 4.69) is 43.8 Å². The normalized spacial score (nSPS) is 10.2. The molecule has 2 aromatic rings. The van der Waals surface area contributed by atoms with Gasteiger partial charge in [0.25, 0.3) is 5.91 Å². The molecule has 0 saturated carbocycles. The van der Waals surface area contributed by atoms with Gasteiger partial charge in [-0.05, 0) is 75.3 Å². The number of carboxylic acids is 1. The van der Waals surface area contributed by atoms with Crippen LogP contribution in [0.4, 0.5) is 5.69 Å². The Morgan fingerprint density at radius 2 is 1.90 bits per heavy atom. The first-order valence-corrected chi connectivity index (χ1v) is 7.86. The molecule has 1 amide bonds. The Bertz CT molecular complexity index is 731. The van der Waals surface area contributed by atoms with Gasteiger partial charge >= 0.3 is 5.97 Å². The summed E-state index contributed by atoms with van der Waals surface area (Å²) in [5.41, 5.74) is 1.55. The highest BCUT2D eigenvalue weighted by Crippen LogP contribution is 2.24. The maximum Gasteiger partial charge on any atom is 0.337 e. The lowest BCUT2D eigenvalue weighted by Crippen LogP contribution is -2.16. The van der Waals surface area contributed by atoms with Crippen LogP contribution >= 0.6 is 38.5 Å². The van der Waals surface area contributed by atoms with Crippen LogP contribution in [-0.2, 0) is 0 Å². The van der Waals surface area contributed by atoms with Crippen LogP contribution in [-0.4, -0.2) is 17.0 Å². The maximum atomic E-state index is 12.4. The van der Waals surface area contributed by atoms with Crippen LogP contribution in [0.5, 0.6) is 0 Å². The van der Waals surface area contributed by atoms with Crippen LogP contribution in [0.1, 0.15) is 26.3 Å². The first-order valence-electron chi connectivity index (χ1n) is 5.99. The minimum Gasteiger partial charge on any atom is -0.478 e. The summed E-state index contributed by atoms with van der Waals surface area (Å²) in [6.07, 6.45) is 0. The fourth-order valence-corrected chi connectivity index (χ4v) is 2.78. The highest BCUT2D eigenvalue weighted by Gasteiger charge is 2.17. The van der Waals surface area contributed by atoms with E-state index in [0.717, 1.165) is 3.57 Å². The molecule has 0 aliphatic carbocycles. The smallest absolute Gasteiger partial charge is 0.337 e. The molecule has 4 nitrogen and oxygen atoms in total. The van der Waals surface area contributed by atoms with E-state index >= 15 is 0 Å². The highest BCUT2D eigenvalue weighted by atomic mass is 127. The van der Waals surface area contributed by atoms with Crippen molar-refractivity contribution in [1.82, 2.24) is 0 Å². The van der Waals surface area contributed by atoms with E-state index in [1.54, 1.807) is 31.2 Å². The molecule has 0 radical (unpaired) electrons. The Hall–Kier alpha value is -1.41. The topological polar surface area (TPSA) is 66.4 Å². The third-order valence-electron chi connectivity index (χ3n) is 2.91. The summed E-state index contributed by atoms with van der Waals surface area (Å²) in [4.78, 5) is 23.6. The number of halogens is 2. The van der Waals surface area contributed by atoms with E-state index in [9.17, 15) is 14.7 Å². The number of benzene rings is 2. The highest BCUT2D eigenvalue weighted by molar-refractivity contribution is 14.1. The molecular formula is C15H11BrINO3. The number of anilines is 1. The van der Waals surface area contributed by atoms with Gasteiger partial charge in [-0.15, -0.1) is 0 Å². The standard InChI is InChI=1S/C15H11BrINO3/c1-8-3-2-4-10(15(20)21)13(8)18-14(19)11-7-9(17)5-6-12(11)16/h2-7H,1H3,(H,18,19)(H,20,21). The molecule has 0 spiro atoms. The Morgan fingerprint density at radius 1 is 1.19 bits per heavy atom. The molecule has 21 heavy (non-hydrogen) atoms. The van der Waals surface area contributed by atoms with Gasteiger partial charge in [0.15, 0.2) is 0 Å². The summed E-state index contributed by atoms with van der Waals surface area (Å²) < 4.78 is 1.58. The van der Waals surface area contributed by atoms with Crippen LogP contribution in [0.15, 0.2) is 40.9 Å². The molecule has 0 atom stereocenters. The van der Waals surface area contributed by atoms with Gasteiger partial charge in [-0.2, -0.15) is 0 Å². The van der Waals surface area contributed by atoms with E-state index in [0.29, 0.717) is 21.3 Å². The van der Waals surface area contributed by atoms with Gasteiger partial charge in [0.2, 0.25) is 0 Å². The molecule has 0 aromatic heterocycles. The van der Waals surface area contributed by atoms with Crippen molar-refractivity contribution in [3.05, 3.63) is 61.1 Å². The number of carboxylic acid groups (broad SMARTS) is 1. The van der Waals surface area contributed by atoms with E-state index in [1.807, 2.05) is 6.07 Å². The summed E-state index contributed by atoms with van der Waals surface area (Å²) in [5, 5.41) is 11.9. The van der Waals surface area contributed by atoms with Gasteiger partial charge < -0.3 is 10.4 Å². The van der Waals surface area contributed by atoms with Crippen molar-refractivity contribution in [2.75, 3.05) is 5.32 Å². The number of nitrogens with one attached hydrogen (secondary N) is 1. The zero-order valence-electron chi connectivity index (χ0n) is 11.0. The first kappa shape index (κ1) is 16.0. The molecule has 0 heterocycles. The first-order chi connectivity index (χ1) is 9.90. The molecule has 2 N–H and O–H groups in total. The molecule has 0 bridgehead atoms. The fourth-order valence-electron chi connectivity index (χ4n) is 1.86. The fraction of sp³-hybridized carbons (Fsp3) is 0.0667. The molecule has 0 saturated heterocycles. The Kier molecular flexibility index (Phi) is 5.00. The molecule has 0 fully saturated rings. The van der Waals surface area contributed by atoms with Crippen LogP contribution in [0, 0.1) is 10.5 Å². The van der Waals surface area contributed by atoms with Gasteiger partial charge in [0.1, 0.15) is 0 Å². The number of rotatable bonds is 3. The average Bonchev–Trinajstić information content (AvgIpc) is 2.43. The quantitative estimate of drug-likeness (QED) is 0.672. The number of aryl methyl sites for hydroxylation is 1. The minimum absolute atomic E-state index is 0.0742. The van der Waals surface area contributed by atoms with Crippen molar-refractivity contribution in [2.24, 2.45) is 0 Å². The van der Waals surface area contributed by atoms with E-state index in [1.165, 1.54) is 6.07 Å². The number of carbonyl (C=O) groups excluding carboxylic acids is 1. The maximum absolute atomic E-state index is 12.4. The average molecular weight is 460 g/mol. The van der Waals surface area contributed by atoms with Crippen molar-refractivity contribution >= 4 is 56.1 Å². The predicted octanol–water partition coefficient (Wildman–Crippen LogP) is 4.31. The van der Waals surface area contributed by atoms with Gasteiger partial charge in [-0.1, -0.05) is 12.1 Å². The Morgan fingerprint density at radius 3 is 2.57 bits per heavy atom. The van der Waals surface area contributed by atoms with Gasteiger partial charge in [0.05, 0.1) is 16.8 Å². The summed E-state index contributed by atoms with van der Waals surface area (Å²) in [5.74, 6) is -1.42. The molecule has 2 aromatic carbocycles. The van der Waals surface area contributed by atoms with Crippen LogP contribution in [0.25, 0.3) is 0 Å². The SMILES string of the molecule is Cc1cccc(C(=O)O)c1NC(=O)c1cc(I)ccc1Br. The van der Waals surface area contributed by atoms with E-state index < -0.39 is 5.97 Å². The summed E-state index contributed by atoms with van der Waals surface area (Å²) in [6.45, 7) is 1.76. The second-order valence-corrected chi connectivity index (χ2v) is 6.48. The van der Waals surface area contributed by atoms with Crippen LogP contribution in [0.2, 0.25) is 0 Å². The summed E-state index contributed by atoms with van der Waals surface area (Å²) >= 11 is 5.45. The molecular weight excluding hydrogens is 449 g/mol. The lowest BCUT2D eigenvalue weighted by atomic mass is 10.1. The van der Waals surface area contributed by atoms with E-state index in [4.69, 9.17) is 0 Å². The number of aromatic carboxylic acids is 1. The second kappa shape index (κ2) is 6.57. The molecule has 0 aliphatic rings. The monoisotopic (exact) mass is 459 g/mol. The second-order valence-electron chi connectivity index (χ2n) is 4.38. The third-order valence-corrected chi connectivity index (χ3v) is 4.28. The van der Waals surface area contributed by atoms with Crippen molar-refractivity contribution in [1.29, 1.82) is 0 Å². The van der Waals surface area contributed by atoms with Gasteiger partial charge in [0, 0.05) is 8.04 Å². The number of para-hydroxylation sites is 1. The number of amides is 1. The predicted molar refractivity (Wildman–Crippen MR) is 93.0 cm³/mol. The van der Waals surface area contributed by atoms with Crippen molar-refractivity contribution in [3.8, 4) is 0 Å². The number of hydrogen-bond donors (Lipinski definition) is 2. The molecule has 108 valence electrons. The van der Waals surface area contributed by atoms with Crippen LogP contribution < -0.4 is 5.32 Å². The third kappa shape index (κ3) is 3.62. The minimum atomic E-state index is -1.07. The lowest BCUT2D eigenvalue weighted by Gasteiger charge is -2.12. The van der Waals surface area contributed by atoms with Crippen molar-refractivity contribution in [3.63, 3.8) is 0 Å². The lowest BCUT2D eigenvalue weighted by molar-refractivity contribution is 0.0698.